The summed E-state index contributed by atoms with van der Waals surface area (Å²) in [5, 5.41) is 14.3. The maximum absolute atomic E-state index is 11.7. The van der Waals surface area contributed by atoms with Gasteiger partial charge >= 0.3 is 18.0 Å². The standard InChI is InChI=1S/C13H15ClN2O5/c1-21-11(17)7-6-10(12(18)19)16-13(20)15-9-4-2-8(14)3-5-9/h2-5,10H,6-7H2,1H3,(H,18,19)(H2,15,16,20)/t10-/m1/s1. The van der Waals surface area contributed by atoms with Crippen molar-refractivity contribution >= 4 is 35.3 Å². The second-order valence-corrected chi connectivity index (χ2v) is 4.55. The number of carbonyl (C=O) groups excluding carboxylic acids is 2. The summed E-state index contributed by atoms with van der Waals surface area (Å²) in [4.78, 5) is 33.7. The van der Waals surface area contributed by atoms with Gasteiger partial charge in [-0.25, -0.2) is 9.59 Å². The van der Waals surface area contributed by atoms with Crippen molar-refractivity contribution in [2.75, 3.05) is 12.4 Å². The first kappa shape index (κ1) is 16.8. The van der Waals surface area contributed by atoms with Crippen molar-refractivity contribution in [2.45, 2.75) is 18.9 Å². The number of ether oxygens (including phenoxy) is 1. The number of carboxylic acid groups (broad SMARTS) is 1. The lowest BCUT2D eigenvalue weighted by molar-refractivity contribution is -0.142. The number of carbonyl (C=O) groups is 3. The number of anilines is 1. The van der Waals surface area contributed by atoms with Crippen LogP contribution in [0.4, 0.5) is 10.5 Å². The molecule has 3 N–H and O–H groups in total. The Morgan fingerprint density at radius 1 is 1.29 bits per heavy atom. The Balaban J connectivity index is 2.54. The molecule has 0 spiro atoms. The molecule has 21 heavy (non-hydrogen) atoms. The van der Waals surface area contributed by atoms with Crippen molar-refractivity contribution in [3.63, 3.8) is 0 Å². The molecule has 1 atom stereocenters. The molecular formula is C13H15ClN2O5. The molecule has 114 valence electrons. The minimum absolute atomic E-state index is 0.0595. The van der Waals surface area contributed by atoms with Crippen LogP contribution in [0.3, 0.4) is 0 Å². The lowest BCUT2D eigenvalue weighted by atomic mass is 10.1. The highest BCUT2D eigenvalue weighted by Gasteiger charge is 2.21. The number of carboxylic acids is 1. The largest absolute Gasteiger partial charge is 0.480 e. The average molecular weight is 315 g/mol. The minimum atomic E-state index is -1.23. The van der Waals surface area contributed by atoms with Gasteiger partial charge in [0.05, 0.1) is 7.11 Å². The molecule has 0 saturated heterocycles. The Morgan fingerprint density at radius 2 is 1.90 bits per heavy atom. The van der Waals surface area contributed by atoms with Crippen LogP contribution in [0.5, 0.6) is 0 Å². The van der Waals surface area contributed by atoms with Crippen LogP contribution in [0, 0.1) is 0 Å². The zero-order valence-corrected chi connectivity index (χ0v) is 12.0. The molecule has 7 nitrogen and oxygen atoms in total. The Morgan fingerprint density at radius 3 is 2.43 bits per heavy atom. The summed E-state index contributed by atoms with van der Waals surface area (Å²) in [7, 11) is 1.21. The van der Waals surface area contributed by atoms with Crippen LogP contribution >= 0.6 is 11.6 Å². The predicted molar refractivity (Wildman–Crippen MR) is 76.3 cm³/mol. The van der Waals surface area contributed by atoms with Gasteiger partial charge in [-0.3, -0.25) is 4.79 Å². The SMILES string of the molecule is COC(=O)CC[C@@H](NC(=O)Nc1ccc(Cl)cc1)C(=O)O. The van der Waals surface area contributed by atoms with Gasteiger partial charge in [0.15, 0.2) is 0 Å². The van der Waals surface area contributed by atoms with Gasteiger partial charge in [-0.1, -0.05) is 11.6 Å². The van der Waals surface area contributed by atoms with Crippen LogP contribution in [0.1, 0.15) is 12.8 Å². The average Bonchev–Trinajstić information content (AvgIpc) is 2.45. The molecule has 0 fully saturated rings. The van der Waals surface area contributed by atoms with E-state index in [2.05, 4.69) is 15.4 Å². The van der Waals surface area contributed by atoms with Gasteiger partial charge in [0.2, 0.25) is 0 Å². The molecule has 0 saturated carbocycles. The van der Waals surface area contributed by atoms with Gasteiger partial charge in [0.25, 0.3) is 0 Å². The Bertz CT molecular complexity index is 518. The molecule has 0 aliphatic carbocycles. The molecule has 0 aliphatic heterocycles. The van der Waals surface area contributed by atoms with E-state index in [1.807, 2.05) is 0 Å². The lowest BCUT2D eigenvalue weighted by Crippen LogP contribution is -2.43. The van der Waals surface area contributed by atoms with Crippen molar-refractivity contribution in [1.29, 1.82) is 0 Å². The van der Waals surface area contributed by atoms with E-state index >= 15 is 0 Å². The number of rotatable bonds is 6. The number of urea groups is 1. The fraction of sp³-hybridized carbons (Fsp3) is 0.308. The van der Waals surface area contributed by atoms with Crippen molar-refractivity contribution in [3.05, 3.63) is 29.3 Å². The topological polar surface area (TPSA) is 105 Å². The first-order valence-electron chi connectivity index (χ1n) is 6.05. The zero-order valence-electron chi connectivity index (χ0n) is 11.3. The van der Waals surface area contributed by atoms with Crippen LogP contribution < -0.4 is 10.6 Å². The molecular weight excluding hydrogens is 300 g/mol. The van der Waals surface area contributed by atoms with E-state index in [9.17, 15) is 14.4 Å². The molecule has 1 rings (SSSR count). The maximum Gasteiger partial charge on any atom is 0.326 e. The van der Waals surface area contributed by atoms with E-state index in [0.29, 0.717) is 10.7 Å². The highest BCUT2D eigenvalue weighted by Crippen LogP contribution is 2.13. The van der Waals surface area contributed by atoms with E-state index < -0.39 is 24.0 Å². The highest BCUT2D eigenvalue weighted by molar-refractivity contribution is 6.30. The Kier molecular flexibility index (Phi) is 6.48. The molecule has 8 heteroatoms. The van der Waals surface area contributed by atoms with E-state index in [1.54, 1.807) is 24.3 Å². The van der Waals surface area contributed by atoms with Gasteiger partial charge < -0.3 is 20.5 Å². The van der Waals surface area contributed by atoms with E-state index in [1.165, 1.54) is 7.11 Å². The third-order valence-electron chi connectivity index (χ3n) is 2.57. The number of amides is 2. The van der Waals surface area contributed by atoms with Crippen molar-refractivity contribution < 1.29 is 24.2 Å². The van der Waals surface area contributed by atoms with Crippen LogP contribution in [0.2, 0.25) is 5.02 Å². The van der Waals surface area contributed by atoms with E-state index in [-0.39, 0.29) is 12.8 Å². The van der Waals surface area contributed by atoms with Gasteiger partial charge in [-0.2, -0.15) is 0 Å². The maximum atomic E-state index is 11.7. The first-order valence-corrected chi connectivity index (χ1v) is 6.43. The van der Waals surface area contributed by atoms with Gasteiger partial charge in [-0.15, -0.1) is 0 Å². The van der Waals surface area contributed by atoms with Gasteiger partial charge in [0, 0.05) is 17.1 Å². The number of methoxy groups -OCH3 is 1. The molecule has 0 radical (unpaired) electrons. The highest BCUT2D eigenvalue weighted by atomic mass is 35.5. The number of nitrogens with one attached hydrogen (secondary N) is 2. The third-order valence-corrected chi connectivity index (χ3v) is 2.82. The van der Waals surface area contributed by atoms with Crippen LogP contribution in [0.25, 0.3) is 0 Å². The molecule has 0 heterocycles. The lowest BCUT2D eigenvalue weighted by Gasteiger charge is -2.14. The van der Waals surface area contributed by atoms with E-state index in [4.69, 9.17) is 16.7 Å². The zero-order chi connectivity index (χ0) is 15.8. The van der Waals surface area contributed by atoms with Crippen LogP contribution in [0.15, 0.2) is 24.3 Å². The number of hydrogen-bond acceptors (Lipinski definition) is 4. The smallest absolute Gasteiger partial charge is 0.326 e. The van der Waals surface area contributed by atoms with Crippen molar-refractivity contribution in [2.24, 2.45) is 0 Å². The van der Waals surface area contributed by atoms with Crippen molar-refractivity contribution in [3.8, 4) is 0 Å². The summed E-state index contributed by atoms with van der Waals surface area (Å²) in [6.45, 7) is 0. The number of esters is 1. The van der Waals surface area contributed by atoms with Crippen LogP contribution in [-0.4, -0.2) is 36.2 Å². The Labute approximate surface area is 126 Å². The minimum Gasteiger partial charge on any atom is -0.480 e. The predicted octanol–water partition coefficient (Wildman–Crippen LogP) is 1.87. The monoisotopic (exact) mass is 314 g/mol. The molecule has 1 aromatic carbocycles. The molecule has 1 aromatic rings. The second kappa shape index (κ2) is 8.11. The second-order valence-electron chi connectivity index (χ2n) is 4.11. The fourth-order valence-corrected chi connectivity index (χ4v) is 1.61. The van der Waals surface area contributed by atoms with Crippen LogP contribution in [-0.2, 0) is 14.3 Å². The summed E-state index contributed by atoms with van der Waals surface area (Å²) < 4.78 is 4.42. The van der Waals surface area contributed by atoms with Gasteiger partial charge in [-0.05, 0) is 30.7 Å². The van der Waals surface area contributed by atoms with Crippen molar-refractivity contribution in [1.82, 2.24) is 5.32 Å². The number of aliphatic carboxylic acids is 1. The Hall–Kier alpha value is -2.28. The number of halogens is 1. The molecule has 0 aromatic heterocycles. The van der Waals surface area contributed by atoms with E-state index in [0.717, 1.165) is 0 Å². The molecule has 2 amide bonds. The number of hydrogen-bond donors (Lipinski definition) is 3. The summed E-state index contributed by atoms with van der Waals surface area (Å²) in [6.07, 6.45) is -0.162. The normalized spacial score (nSPS) is 11.3. The first-order chi connectivity index (χ1) is 9.92. The van der Waals surface area contributed by atoms with Gasteiger partial charge in [0.1, 0.15) is 6.04 Å². The fourth-order valence-electron chi connectivity index (χ4n) is 1.48. The summed E-state index contributed by atoms with van der Waals surface area (Å²) in [5.41, 5.74) is 0.467. The summed E-state index contributed by atoms with van der Waals surface area (Å²) >= 11 is 5.71. The molecule has 0 bridgehead atoms. The summed E-state index contributed by atoms with van der Waals surface area (Å²) in [6, 6.07) is 4.45. The molecule has 0 aliphatic rings. The number of benzene rings is 1. The quantitative estimate of drug-likeness (QED) is 0.695. The third kappa shape index (κ3) is 6.13. The molecule has 0 unspecified atom stereocenters. The summed E-state index contributed by atoms with van der Waals surface area (Å²) in [5.74, 6) is -1.77.